The van der Waals surface area contributed by atoms with Crippen LogP contribution in [0.4, 0.5) is 5.82 Å². The summed E-state index contributed by atoms with van der Waals surface area (Å²) in [7, 11) is 0. The van der Waals surface area contributed by atoms with Crippen LogP contribution in [-0.4, -0.2) is 41.9 Å². The second-order valence-corrected chi connectivity index (χ2v) is 5.24. The van der Waals surface area contributed by atoms with E-state index in [0.29, 0.717) is 5.56 Å². The SMILES string of the molecule is CCCOC1CCCN(c2cc(C(=O)O)cc(C)n2)C1. The van der Waals surface area contributed by atoms with Crippen molar-refractivity contribution in [3.05, 3.63) is 23.4 Å². The Morgan fingerprint density at radius 3 is 3.05 bits per heavy atom. The van der Waals surface area contributed by atoms with Gasteiger partial charge < -0.3 is 14.7 Å². The molecule has 0 saturated carbocycles. The Bertz CT molecular complexity index is 476. The topological polar surface area (TPSA) is 62.7 Å². The molecule has 1 aromatic heterocycles. The van der Waals surface area contributed by atoms with Crippen molar-refractivity contribution in [1.82, 2.24) is 4.98 Å². The molecule has 0 aliphatic carbocycles. The van der Waals surface area contributed by atoms with Gasteiger partial charge in [0.1, 0.15) is 5.82 Å². The van der Waals surface area contributed by atoms with Crippen molar-refractivity contribution in [2.24, 2.45) is 0 Å². The lowest BCUT2D eigenvalue weighted by atomic mass is 10.1. The van der Waals surface area contributed by atoms with Crippen molar-refractivity contribution < 1.29 is 14.6 Å². The molecule has 1 saturated heterocycles. The third kappa shape index (κ3) is 3.70. The van der Waals surface area contributed by atoms with Crippen molar-refractivity contribution in [1.29, 1.82) is 0 Å². The molecule has 1 atom stereocenters. The number of piperidine rings is 1. The predicted octanol–water partition coefficient (Wildman–Crippen LogP) is 2.48. The standard InChI is InChI=1S/C15H22N2O3/c1-3-7-20-13-5-4-6-17(10-13)14-9-12(15(18)19)8-11(2)16-14/h8-9,13H,3-7,10H2,1-2H3,(H,18,19). The number of aromatic nitrogens is 1. The number of pyridine rings is 1. The highest BCUT2D eigenvalue weighted by molar-refractivity contribution is 5.88. The van der Waals surface area contributed by atoms with Crippen LogP contribution in [0.3, 0.4) is 0 Å². The summed E-state index contributed by atoms with van der Waals surface area (Å²) in [6, 6.07) is 3.25. The van der Waals surface area contributed by atoms with E-state index in [0.717, 1.165) is 50.5 Å². The fourth-order valence-corrected chi connectivity index (χ4v) is 2.50. The molecular formula is C15H22N2O3. The molecule has 1 unspecified atom stereocenters. The van der Waals surface area contributed by atoms with Gasteiger partial charge in [0.05, 0.1) is 11.7 Å². The number of anilines is 1. The minimum absolute atomic E-state index is 0.222. The van der Waals surface area contributed by atoms with Gasteiger partial charge in [-0.3, -0.25) is 0 Å². The fraction of sp³-hybridized carbons (Fsp3) is 0.600. The van der Waals surface area contributed by atoms with E-state index in [9.17, 15) is 4.79 Å². The zero-order valence-corrected chi connectivity index (χ0v) is 12.1. The number of rotatable bonds is 5. The predicted molar refractivity (Wildman–Crippen MR) is 77.4 cm³/mol. The molecular weight excluding hydrogens is 256 g/mol. The molecule has 1 aliphatic rings. The first-order chi connectivity index (χ1) is 9.60. The van der Waals surface area contributed by atoms with Crippen molar-refractivity contribution >= 4 is 11.8 Å². The van der Waals surface area contributed by atoms with Gasteiger partial charge in [0, 0.05) is 25.4 Å². The number of carboxylic acid groups (broad SMARTS) is 1. The van der Waals surface area contributed by atoms with Gasteiger partial charge in [0.15, 0.2) is 0 Å². The van der Waals surface area contributed by atoms with Crippen molar-refractivity contribution in [3.8, 4) is 0 Å². The third-order valence-corrected chi connectivity index (χ3v) is 3.45. The quantitative estimate of drug-likeness (QED) is 0.896. The van der Waals surface area contributed by atoms with Gasteiger partial charge in [-0.1, -0.05) is 6.92 Å². The van der Waals surface area contributed by atoms with E-state index >= 15 is 0 Å². The minimum Gasteiger partial charge on any atom is -0.478 e. The smallest absolute Gasteiger partial charge is 0.335 e. The molecule has 1 fully saturated rings. The maximum atomic E-state index is 11.1. The molecule has 0 spiro atoms. The van der Waals surface area contributed by atoms with Gasteiger partial charge in [-0.15, -0.1) is 0 Å². The zero-order valence-electron chi connectivity index (χ0n) is 12.1. The summed E-state index contributed by atoms with van der Waals surface area (Å²) >= 11 is 0. The maximum Gasteiger partial charge on any atom is 0.335 e. The molecule has 5 nitrogen and oxygen atoms in total. The molecule has 1 aromatic rings. The number of carboxylic acids is 1. The number of hydrogen-bond acceptors (Lipinski definition) is 4. The summed E-state index contributed by atoms with van der Waals surface area (Å²) in [6.45, 7) is 6.39. The van der Waals surface area contributed by atoms with Crippen LogP contribution in [0.2, 0.25) is 0 Å². The average molecular weight is 278 g/mol. The van der Waals surface area contributed by atoms with Crippen LogP contribution in [0.5, 0.6) is 0 Å². The van der Waals surface area contributed by atoms with Gasteiger partial charge in [0.2, 0.25) is 0 Å². The van der Waals surface area contributed by atoms with E-state index in [1.807, 2.05) is 6.92 Å². The Balaban J connectivity index is 2.12. The monoisotopic (exact) mass is 278 g/mol. The summed E-state index contributed by atoms with van der Waals surface area (Å²) in [6.07, 6.45) is 3.35. The van der Waals surface area contributed by atoms with Crippen LogP contribution in [-0.2, 0) is 4.74 Å². The van der Waals surface area contributed by atoms with Gasteiger partial charge in [-0.2, -0.15) is 0 Å². The Hall–Kier alpha value is -1.62. The molecule has 5 heteroatoms. The minimum atomic E-state index is -0.910. The van der Waals surface area contributed by atoms with E-state index in [4.69, 9.17) is 9.84 Å². The van der Waals surface area contributed by atoms with Crippen LogP contribution >= 0.6 is 0 Å². The second kappa shape index (κ2) is 6.70. The van der Waals surface area contributed by atoms with Crippen LogP contribution in [0.25, 0.3) is 0 Å². The molecule has 1 aliphatic heterocycles. The molecule has 0 radical (unpaired) electrons. The largest absolute Gasteiger partial charge is 0.478 e. The number of hydrogen-bond donors (Lipinski definition) is 1. The first-order valence-corrected chi connectivity index (χ1v) is 7.18. The highest BCUT2D eigenvalue weighted by atomic mass is 16.5. The molecule has 2 heterocycles. The lowest BCUT2D eigenvalue weighted by Gasteiger charge is -2.33. The van der Waals surface area contributed by atoms with E-state index < -0.39 is 5.97 Å². The summed E-state index contributed by atoms with van der Waals surface area (Å²) in [5.74, 6) is -0.167. The summed E-state index contributed by atoms with van der Waals surface area (Å²) in [4.78, 5) is 17.7. The Kier molecular flexibility index (Phi) is 4.95. The van der Waals surface area contributed by atoms with Gasteiger partial charge in [0.25, 0.3) is 0 Å². The van der Waals surface area contributed by atoms with Gasteiger partial charge in [-0.25, -0.2) is 9.78 Å². The molecule has 0 amide bonds. The van der Waals surface area contributed by atoms with Crippen molar-refractivity contribution in [3.63, 3.8) is 0 Å². The molecule has 0 bridgehead atoms. The number of aromatic carboxylic acids is 1. The highest BCUT2D eigenvalue weighted by Gasteiger charge is 2.22. The molecule has 110 valence electrons. The number of aryl methyl sites for hydroxylation is 1. The lowest BCUT2D eigenvalue weighted by Crippen LogP contribution is -2.40. The maximum absolute atomic E-state index is 11.1. The van der Waals surface area contributed by atoms with Crippen LogP contribution in [0.1, 0.15) is 42.2 Å². The van der Waals surface area contributed by atoms with Crippen molar-refractivity contribution in [2.75, 3.05) is 24.6 Å². The second-order valence-electron chi connectivity index (χ2n) is 5.24. The van der Waals surface area contributed by atoms with Gasteiger partial charge >= 0.3 is 5.97 Å². The lowest BCUT2D eigenvalue weighted by molar-refractivity contribution is 0.0439. The van der Waals surface area contributed by atoms with Crippen LogP contribution in [0, 0.1) is 6.92 Å². The zero-order chi connectivity index (χ0) is 14.5. The molecule has 1 N–H and O–H groups in total. The van der Waals surface area contributed by atoms with E-state index in [1.54, 1.807) is 12.1 Å². The van der Waals surface area contributed by atoms with E-state index in [-0.39, 0.29) is 6.10 Å². The number of nitrogens with zero attached hydrogens (tertiary/aromatic N) is 2. The Morgan fingerprint density at radius 1 is 1.55 bits per heavy atom. The summed E-state index contributed by atoms with van der Waals surface area (Å²) in [5.41, 5.74) is 1.03. The fourth-order valence-electron chi connectivity index (χ4n) is 2.50. The first-order valence-electron chi connectivity index (χ1n) is 7.18. The van der Waals surface area contributed by atoms with Crippen molar-refractivity contribution in [2.45, 2.75) is 39.2 Å². The van der Waals surface area contributed by atoms with E-state index in [2.05, 4.69) is 16.8 Å². The summed E-state index contributed by atoms with van der Waals surface area (Å²) < 4.78 is 5.81. The first kappa shape index (κ1) is 14.8. The average Bonchev–Trinajstić information content (AvgIpc) is 2.44. The molecule has 20 heavy (non-hydrogen) atoms. The Labute approximate surface area is 119 Å². The van der Waals surface area contributed by atoms with E-state index in [1.165, 1.54) is 0 Å². The molecule has 0 aromatic carbocycles. The van der Waals surface area contributed by atoms with Crippen LogP contribution in [0.15, 0.2) is 12.1 Å². The van der Waals surface area contributed by atoms with Crippen LogP contribution < -0.4 is 4.90 Å². The van der Waals surface area contributed by atoms with Gasteiger partial charge in [-0.05, 0) is 38.3 Å². The normalized spacial score (nSPS) is 19.1. The molecule has 2 rings (SSSR count). The number of ether oxygens (including phenoxy) is 1. The third-order valence-electron chi connectivity index (χ3n) is 3.45. The summed E-state index contributed by atoms with van der Waals surface area (Å²) in [5, 5.41) is 9.13. The number of carbonyl (C=O) groups is 1. The Morgan fingerprint density at radius 2 is 2.35 bits per heavy atom. The highest BCUT2D eigenvalue weighted by Crippen LogP contribution is 2.21.